The molecule has 0 saturated heterocycles. The summed E-state index contributed by atoms with van der Waals surface area (Å²) in [4.78, 5) is 0. The predicted molar refractivity (Wildman–Crippen MR) is 62.2 cm³/mol. The molecule has 2 heteroatoms. The third-order valence-electron chi connectivity index (χ3n) is 3.14. The first-order valence-electron chi connectivity index (χ1n) is 5.37. The van der Waals surface area contributed by atoms with E-state index in [0.717, 1.165) is 5.56 Å². The van der Waals surface area contributed by atoms with Crippen LogP contribution >= 0.6 is 0 Å². The molecule has 0 heterocycles. The summed E-state index contributed by atoms with van der Waals surface area (Å²) in [7, 11) is 0. The molecule has 0 aliphatic carbocycles. The van der Waals surface area contributed by atoms with Gasteiger partial charge >= 0.3 is 0 Å². The second kappa shape index (κ2) is 4.31. The van der Waals surface area contributed by atoms with Gasteiger partial charge in [-0.25, -0.2) is 4.39 Å². The zero-order valence-electron chi connectivity index (χ0n) is 9.92. The van der Waals surface area contributed by atoms with Gasteiger partial charge in [0.1, 0.15) is 5.82 Å². The van der Waals surface area contributed by atoms with Crippen LogP contribution in [0.2, 0.25) is 0 Å². The van der Waals surface area contributed by atoms with E-state index >= 15 is 0 Å². The summed E-state index contributed by atoms with van der Waals surface area (Å²) < 4.78 is 12.8. The van der Waals surface area contributed by atoms with E-state index in [0.29, 0.717) is 5.92 Å². The third-order valence-corrected chi connectivity index (χ3v) is 3.14. The normalized spacial score (nSPS) is 14.3. The number of hydrogen-bond donors (Lipinski definition) is 1. The Bertz CT molecular complexity index is 314. The van der Waals surface area contributed by atoms with Gasteiger partial charge in [-0.2, -0.15) is 0 Å². The molecule has 0 radical (unpaired) electrons. The van der Waals surface area contributed by atoms with Crippen LogP contribution < -0.4 is 5.73 Å². The highest BCUT2D eigenvalue weighted by molar-refractivity contribution is 5.26. The summed E-state index contributed by atoms with van der Waals surface area (Å²) in [6.07, 6.45) is 0. The molecule has 1 aromatic rings. The Morgan fingerprint density at radius 2 is 1.60 bits per heavy atom. The lowest BCUT2D eigenvalue weighted by molar-refractivity contribution is 0.329. The highest BCUT2D eigenvalue weighted by Crippen LogP contribution is 2.29. The van der Waals surface area contributed by atoms with Crippen LogP contribution in [0.25, 0.3) is 0 Å². The SMILES string of the molecule is CC(C)C(N)C(C)(C)c1ccc(F)cc1. The van der Waals surface area contributed by atoms with Crippen LogP contribution in [-0.4, -0.2) is 6.04 Å². The molecule has 0 amide bonds. The molecular formula is C13H20FN. The standard InChI is InChI=1S/C13H20FN/c1-9(2)12(15)13(3,4)10-5-7-11(14)8-6-10/h5-9,12H,15H2,1-4H3. The number of benzene rings is 1. The molecule has 84 valence electrons. The van der Waals surface area contributed by atoms with Gasteiger partial charge in [0.25, 0.3) is 0 Å². The zero-order chi connectivity index (χ0) is 11.6. The van der Waals surface area contributed by atoms with Gasteiger partial charge in [-0.05, 0) is 23.6 Å². The van der Waals surface area contributed by atoms with Crippen molar-refractivity contribution in [3.8, 4) is 0 Å². The molecule has 2 N–H and O–H groups in total. The molecule has 0 fully saturated rings. The molecule has 1 aromatic carbocycles. The average molecular weight is 209 g/mol. The maximum Gasteiger partial charge on any atom is 0.123 e. The Labute approximate surface area is 91.5 Å². The Morgan fingerprint density at radius 3 is 2.00 bits per heavy atom. The van der Waals surface area contributed by atoms with Gasteiger partial charge in [-0.1, -0.05) is 39.8 Å². The van der Waals surface area contributed by atoms with E-state index in [-0.39, 0.29) is 17.3 Å². The fourth-order valence-corrected chi connectivity index (χ4v) is 1.91. The minimum atomic E-state index is -0.201. The molecule has 0 aliphatic heterocycles. The van der Waals surface area contributed by atoms with Crippen molar-refractivity contribution in [1.29, 1.82) is 0 Å². The largest absolute Gasteiger partial charge is 0.327 e. The molecule has 1 unspecified atom stereocenters. The average Bonchev–Trinajstić information content (AvgIpc) is 2.17. The molecule has 1 rings (SSSR count). The fraction of sp³-hybridized carbons (Fsp3) is 0.538. The summed E-state index contributed by atoms with van der Waals surface area (Å²) in [5, 5.41) is 0. The number of halogens is 1. The predicted octanol–water partition coefficient (Wildman–Crippen LogP) is 3.09. The van der Waals surface area contributed by atoms with Gasteiger partial charge in [0.2, 0.25) is 0 Å². The Kier molecular flexibility index (Phi) is 3.50. The lowest BCUT2D eigenvalue weighted by atomic mass is 9.74. The minimum absolute atomic E-state index is 0.0722. The van der Waals surface area contributed by atoms with Crippen molar-refractivity contribution >= 4 is 0 Å². The van der Waals surface area contributed by atoms with Crippen LogP contribution in [0.15, 0.2) is 24.3 Å². The van der Waals surface area contributed by atoms with E-state index in [9.17, 15) is 4.39 Å². The molecule has 1 atom stereocenters. The fourth-order valence-electron chi connectivity index (χ4n) is 1.91. The van der Waals surface area contributed by atoms with Gasteiger partial charge < -0.3 is 5.73 Å². The van der Waals surface area contributed by atoms with Crippen molar-refractivity contribution < 1.29 is 4.39 Å². The van der Waals surface area contributed by atoms with Crippen LogP contribution in [-0.2, 0) is 5.41 Å². The molecule has 0 bridgehead atoms. The second-order valence-electron chi connectivity index (χ2n) is 5.00. The number of rotatable bonds is 3. The highest BCUT2D eigenvalue weighted by atomic mass is 19.1. The quantitative estimate of drug-likeness (QED) is 0.813. The van der Waals surface area contributed by atoms with Gasteiger partial charge in [0.05, 0.1) is 0 Å². The minimum Gasteiger partial charge on any atom is -0.327 e. The Morgan fingerprint density at radius 1 is 1.13 bits per heavy atom. The first kappa shape index (κ1) is 12.2. The lowest BCUT2D eigenvalue weighted by Gasteiger charge is -2.34. The number of nitrogens with two attached hydrogens (primary N) is 1. The molecule has 1 nitrogen and oxygen atoms in total. The van der Waals surface area contributed by atoms with Crippen LogP contribution in [0.1, 0.15) is 33.3 Å². The molecular weight excluding hydrogens is 189 g/mol. The molecule has 15 heavy (non-hydrogen) atoms. The monoisotopic (exact) mass is 209 g/mol. The Hall–Kier alpha value is -0.890. The highest BCUT2D eigenvalue weighted by Gasteiger charge is 2.30. The lowest BCUT2D eigenvalue weighted by Crippen LogP contribution is -2.44. The molecule has 0 saturated carbocycles. The maximum atomic E-state index is 12.8. The molecule has 0 aliphatic rings. The van der Waals surface area contributed by atoms with Crippen molar-refractivity contribution in [2.45, 2.75) is 39.2 Å². The van der Waals surface area contributed by atoms with Gasteiger partial charge in [-0.15, -0.1) is 0 Å². The summed E-state index contributed by atoms with van der Waals surface area (Å²) in [6, 6.07) is 6.69. The third kappa shape index (κ3) is 2.57. The van der Waals surface area contributed by atoms with E-state index in [1.165, 1.54) is 12.1 Å². The zero-order valence-corrected chi connectivity index (χ0v) is 9.92. The van der Waals surface area contributed by atoms with Crippen molar-refractivity contribution in [2.24, 2.45) is 11.7 Å². The van der Waals surface area contributed by atoms with Crippen molar-refractivity contribution in [3.63, 3.8) is 0 Å². The summed E-state index contributed by atoms with van der Waals surface area (Å²) in [5.41, 5.74) is 7.14. The van der Waals surface area contributed by atoms with Crippen LogP contribution in [0, 0.1) is 11.7 Å². The smallest absolute Gasteiger partial charge is 0.123 e. The van der Waals surface area contributed by atoms with E-state index < -0.39 is 0 Å². The summed E-state index contributed by atoms with van der Waals surface area (Å²) in [6.45, 7) is 8.42. The maximum absolute atomic E-state index is 12.8. The number of hydrogen-bond acceptors (Lipinski definition) is 1. The second-order valence-corrected chi connectivity index (χ2v) is 5.00. The van der Waals surface area contributed by atoms with Gasteiger partial charge in [-0.3, -0.25) is 0 Å². The van der Waals surface area contributed by atoms with Crippen LogP contribution in [0.4, 0.5) is 4.39 Å². The molecule has 0 spiro atoms. The van der Waals surface area contributed by atoms with Crippen molar-refractivity contribution in [2.75, 3.05) is 0 Å². The summed E-state index contributed by atoms with van der Waals surface area (Å²) in [5.74, 6) is 0.206. The van der Waals surface area contributed by atoms with E-state index in [1.54, 1.807) is 0 Å². The van der Waals surface area contributed by atoms with Crippen molar-refractivity contribution in [1.82, 2.24) is 0 Å². The summed E-state index contributed by atoms with van der Waals surface area (Å²) >= 11 is 0. The first-order valence-corrected chi connectivity index (χ1v) is 5.37. The van der Waals surface area contributed by atoms with Crippen molar-refractivity contribution in [3.05, 3.63) is 35.6 Å². The van der Waals surface area contributed by atoms with Gasteiger partial charge in [0, 0.05) is 11.5 Å². The molecule has 0 aromatic heterocycles. The Balaban J connectivity index is 2.99. The van der Waals surface area contributed by atoms with Crippen LogP contribution in [0.3, 0.4) is 0 Å². The van der Waals surface area contributed by atoms with Gasteiger partial charge in [0.15, 0.2) is 0 Å². The topological polar surface area (TPSA) is 26.0 Å². The first-order chi connectivity index (χ1) is 6.85. The van der Waals surface area contributed by atoms with Crippen LogP contribution in [0.5, 0.6) is 0 Å². The van der Waals surface area contributed by atoms with E-state index in [1.807, 2.05) is 12.1 Å². The van der Waals surface area contributed by atoms with E-state index in [4.69, 9.17) is 5.73 Å². The van der Waals surface area contributed by atoms with E-state index in [2.05, 4.69) is 27.7 Å².